The zero-order chi connectivity index (χ0) is 12.3. The van der Waals surface area contributed by atoms with Gasteiger partial charge < -0.3 is 0 Å². The van der Waals surface area contributed by atoms with E-state index in [0.29, 0.717) is 5.02 Å². The molecule has 8 heteroatoms. The molecule has 1 aromatic carbocycles. The first kappa shape index (κ1) is 12.9. The molecule has 0 aliphatic carbocycles. The number of benzene rings is 1. The molecule has 0 unspecified atom stereocenters. The monoisotopic (exact) mass is 264 g/mol. The molecule has 0 bridgehead atoms. The third-order valence-corrected chi connectivity index (χ3v) is 2.67. The number of sulfonamides is 1. The van der Waals surface area contributed by atoms with Crippen LogP contribution >= 0.6 is 11.6 Å². The number of hydrogen-bond acceptors (Lipinski definition) is 4. The second-order valence-electron chi connectivity index (χ2n) is 3.12. The molecule has 0 radical (unpaired) electrons. The molecular formula is C8H9ClN2O4S. The van der Waals surface area contributed by atoms with Crippen molar-refractivity contribution in [1.29, 1.82) is 0 Å². The van der Waals surface area contributed by atoms with E-state index in [9.17, 15) is 18.5 Å². The predicted octanol–water partition coefficient (Wildman–Crippen LogP) is 1.30. The Hall–Kier alpha value is -1.18. The van der Waals surface area contributed by atoms with E-state index in [1.807, 2.05) is 0 Å². The summed E-state index contributed by atoms with van der Waals surface area (Å²) in [5, 5.41) is 11.0. The summed E-state index contributed by atoms with van der Waals surface area (Å²) in [4.78, 5) is 10.1. The van der Waals surface area contributed by atoms with Crippen LogP contribution in [0.4, 0.5) is 5.69 Å². The Kier molecular flexibility index (Phi) is 3.84. The van der Waals surface area contributed by atoms with Gasteiger partial charge in [0.1, 0.15) is 0 Å². The molecule has 0 amide bonds. The summed E-state index contributed by atoms with van der Waals surface area (Å²) in [7, 11) is -3.39. The van der Waals surface area contributed by atoms with Crippen molar-refractivity contribution in [2.45, 2.75) is 6.54 Å². The van der Waals surface area contributed by atoms with E-state index >= 15 is 0 Å². The van der Waals surface area contributed by atoms with Gasteiger partial charge in [-0.2, -0.15) is 0 Å². The maximum Gasteiger partial charge on any atom is 0.274 e. The molecule has 0 saturated carbocycles. The molecule has 0 aliphatic rings. The summed E-state index contributed by atoms with van der Waals surface area (Å²) in [6.45, 7) is -0.157. The Morgan fingerprint density at radius 2 is 2.12 bits per heavy atom. The van der Waals surface area contributed by atoms with Crippen LogP contribution in [0.25, 0.3) is 0 Å². The second kappa shape index (κ2) is 4.77. The van der Waals surface area contributed by atoms with Gasteiger partial charge in [-0.05, 0) is 12.1 Å². The van der Waals surface area contributed by atoms with Crippen LogP contribution in [0.3, 0.4) is 0 Å². The highest BCUT2D eigenvalue weighted by Gasteiger charge is 2.14. The fourth-order valence-corrected chi connectivity index (χ4v) is 1.70. The minimum Gasteiger partial charge on any atom is -0.258 e. The maximum absolute atomic E-state index is 10.9. The molecule has 16 heavy (non-hydrogen) atoms. The Morgan fingerprint density at radius 1 is 1.50 bits per heavy atom. The van der Waals surface area contributed by atoms with E-state index in [0.717, 1.165) is 6.26 Å². The van der Waals surface area contributed by atoms with Gasteiger partial charge in [0.2, 0.25) is 10.0 Å². The summed E-state index contributed by atoms with van der Waals surface area (Å²) >= 11 is 5.67. The Labute approximate surface area is 97.4 Å². The fourth-order valence-electron chi connectivity index (χ4n) is 1.08. The van der Waals surface area contributed by atoms with Crippen molar-refractivity contribution in [3.63, 3.8) is 0 Å². The molecule has 0 fully saturated rings. The average Bonchev–Trinajstić information content (AvgIpc) is 2.13. The van der Waals surface area contributed by atoms with Gasteiger partial charge in [0.05, 0.1) is 11.2 Å². The van der Waals surface area contributed by atoms with E-state index in [2.05, 4.69) is 4.72 Å². The van der Waals surface area contributed by atoms with E-state index in [1.54, 1.807) is 0 Å². The summed E-state index contributed by atoms with van der Waals surface area (Å²) in [5.41, 5.74) is 0.0588. The second-order valence-corrected chi connectivity index (χ2v) is 5.39. The molecule has 1 N–H and O–H groups in total. The number of hydrogen-bond donors (Lipinski definition) is 1. The third kappa shape index (κ3) is 3.76. The Bertz CT molecular complexity index is 515. The zero-order valence-electron chi connectivity index (χ0n) is 8.31. The number of nitro groups is 1. The summed E-state index contributed by atoms with van der Waals surface area (Å²) in [5.74, 6) is 0. The van der Waals surface area contributed by atoms with Gasteiger partial charge in [-0.1, -0.05) is 11.6 Å². The van der Waals surface area contributed by atoms with Crippen molar-refractivity contribution in [2.75, 3.05) is 6.26 Å². The third-order valence-electron chi connectivity index (χ3n) is 1.76. The SMILES string of the molecule is CS(=O)(=O)NCc1cc(Cl)ccc1[N+](=O)[O-]. The molecule has 0 aromatic heterocycles. The number of rotatable bonds is 4. The first-order valence-corrected chi connectivity index (χ1v) is 6.44. The zero-order valence-corrected chi connectivity index (χ0v) is 9.88. The summed E-state index contributed by atoms with van der Waals surface area (Å²) in [6.07, 6.45) is 0.976. The van der Waals surface area contributed by atoms with Gasteiger partial charge in [0, 0.05) is 23.2 Å². The number of nitrogens with zero attached hydrogens (tertiary/aromatic N) is 1. The molecule has 1 rings (SSSR count). The molecule has 0 heterocycles. The molecular weight excluding hydrogens is 256 g/mol. The van der Waals surface area contributed by atoms with Crippen LogP contribution in [0, 0.1) is 10.1 Å². The molecule has 1 aromatic rings. The van der Waals surface area contributed by atoms with Crippen molar-refractivity contribution in [3.8, 4) is 0 Å². The smallest absolute Gasteiger partial charge is 0.258 e. The van der Waals surface area contributed by atoms with Gasteiger partial charge in [0.25, 0.3) is 5.69 Å². The topological polar surface area (TPSA) is 89.3 Å². The van der Waals surface area contributed by atoms with Gasteiger partial charge in [-0.3, -0.25) is 10.1 Å². The fraction of sp³-hybridized carbons (Fsp3) is 0.250. The van der Waals surface area contributed by atoms with Crippen LogP contribution in [-0.2, 0) is 16.6 Å². The molecule has 0 atom stereocenters. The number of halogens is 1. The van der Waals surface area contributed by atoms with E-state index < -0.39 is 14.9 Å². The molecule has 88 valence electrons. The highest BCUT2D eigenvalue weighted by Crippen LogP contribution is 2.22. The normalized spacial score (nSPS) is 11.4. The number of nitrogens with one attached hydrogen (secondary N) is 1. The minimum atomic E-state index is -3.39. The number of nitro benzene ring substituents is 1. The standard InChI is InChI=1S/C8H9ClN2O4S/c1-16(14,15)10-5-6-4-7(9)2-3-8(6)11(12)13/h2-4,10H,5H2,1H3. The first-order chi connectivity index (χ1) is 7.29. The van der Waals surface area contributed by atoms with Crippen molar-refractivity contribution >= 4 is 27.3 Å². The van der Waals surface area contributed by atoms with E-state index in [-0.39, 0.29) is 17.8 Å². The quantitative estimate of drug-likeness (QED) is 0.656. The van der Waals surface area contributed by atoms with Crippen LogP contribution in [0.1, 0.15) is 5.56 Å². The lowest BCUT2D eigenvalue weighted by Crippen LogP contribution is -2.21. The predicted molar refractivity (Wildman–Crippen MR) is 59.8 cm³/mol. The lowest BCUT2D eigenvalue weighted by molar-refractivity contribution is -0.385. The van der Waals surface area contributed by atoms with Crippen molar-refractivity contribution in [1.82, 2.24) is 4.72 Å². The van der Waals surface area contributed by atoms with Crippen molar-refractivity contribution < 1.29 is 13.3 Å². The van der Waals surface area contributed by atoms with Crippen LogP contribution in [-0.4, -0.2) is 19.6 Å². The molecule has 0 saturated heterocycles. The molecule has 0 spiro atoms. The van der Waals surface area contributed by atoms with E-state index in [4.69, 9.17) is 11.6 Å². The van der Waals surface area contributed by atoms with Gasteiger partial charge in [-0.15, -0.1) is 0 Å². The van der Waals surface area contributed by atoms with Crippen molar-refractivity contribution in [3.05, 3.63) is 38.9 Å². The van der Waals surface area contributed by atoms with Crippen LogP contribution < -0.4 is 4.72 Å². The average molecular weight is 265 g/mol. The van der Waals surface area contributed by atoms with Gasteiger partial charge >= 0.3 is 0 Å². The minimum absolute atomic E-state index is 0.157. The largest absolute Gasteiger partial charge is 0.274 e. The molecule has 6 nitrogen and oxygen atoms in total. The van der Waals surface area contributed by atoms with Crippen molar-refractivity contribution in [2.24, 2.45) is 0 Å². The van der Waals surface area contributed by atoms with Crippen LogP contribution in [0.5, 0.6) is 0 Å². The van der Waals surface area contributed by atoms with E-state index in [1.165, 1.54) is 18.2 Å². The lowest BCUT2D eigenvalue weighted by Gasteiger charge is -2.04. The highest BCUT2D eigenvalue weighted by molar-refractivity contribution is 7.88. The summed E-state index contributed by atoms with van der Waals surface area (Å²) < 4.78 is 23.9. The molecule has 0 aliphatic heterocycles. The Morgan fingerprint density at radius 3 is 2.62 bits per heavy atom. The first-order valence-electron chi connectivity index (χ1n) is 4.17. The Balaban J connectivity index is 3.01. The summed E-state index contributed by atoms with van der Waals surface area (Å²) in [6, 6.07) is 3.98. The lowest BCUT2D eigenvalue weighted by atomic mass is 10.2. The van der Waals surface area contributed by atoms with Crippen LogP contribution in [0.15, 0.2) is 18.2 Å². The maximum atomic E-state index is 10.9. The highest BCUT2D eigenvalue weighted by atomic mass is 35.5. The van der Waals surface area contributed by atoms with Crippen LogP contribution in [0.2, 0.25) is 5.02 Å². The van der Waals surface area contributed by atoms with Gasteiger partial charge in [0.15, 0.2) is 0 Å². The van der Waals surface area contributed by atoms with Gasteiger partial charge in [-0.25, -0.2) is 13.1 Å².